The standard InChI is InChI=1S/C24H28FN3O3S2/c1-18(26-33(29,30)20-11-9-19(25)10-12-20)24(23-8-5-17-32-23)28-15-13-27(14-16-28)21-6-3-4-7-22(21)31-2/h3-12,17-18,24,26H,13-16H2,1-2H3/t18-,24+/m0/s1. The molecule has 9 heteroatoms. The zero-order chi connectivity index (χ0) is 23.4. The fraction of sp³-hybridized carbons (Fsp3) is 0.333. The third kappa shape index (κ3) is 5.38. The van der Waals surface area contributed by atoms with Gasteiger partial charge < -0.3 is 9.64 Å². The molecule has 1 aliphatic heterocycles. The summed E-state index contributed by atoms with van der Waals surface area (Å²) in [6, 6.07) is 16.4. The van der Waals surface area contributed by atoms with E-state index in [-0.39, 0.29) is 17.0 Å². The Kier molecular flexibility index (Phi) is 7.33. The van der Waals surface area contributed by atoms with E-state index < -0.39 is 15.8 Å². The lowest BCUT2D eigenvalue weighted by Crippen LogP contribution is -2.52. The zero-order valence-electron chi connectivity index (χ0n) is 18.6. The first-order chi connectivity index (χ1) is 15.9. The molecule has 4 rings (SSSR count). The summed E-state index contributed by atoms with van der Waals surface area (Å²) in [7, 11) is -2.10. The number of methoxy groups -OCH3 is 1. The first-order valence-electron chi connectivity index (χ1n) is 10.8. The number of hydrogen-bond acceptors (Lipinski definition) is 6. The summed E-state index contributed by atoms with van der Waals surface area (Å²) in [6.07, 6.45) is 0. The molecule has 1 saturated heterocycles. The normalized spacial score (nSPS) is 17.0. The summed E-state index contributed by atoms with van der Waals surface area (Å²) in [5.41, 5.74) is 1.07. The predicted molar refractivity (Wildman–Crippen MR) is 130 cm³/mol. The molecule has 1 fully saturated rings. The van der Waals surface area contributed by atoms with Gasteiger partial charge in [0.2, 0.25) is 10.0 Å². The maximum atomic E-state index is 13.3. The highest BCUT2D eigenvalue weighted by Gasteiger charge is 2.33. The van der Waals surface area contributed by atoms with Crippen molar-refractivity contribution < 1.29 is 17.5 Å². The van der Waals surface area contributed by atoms with Gasteiger partial charge in [0.25, 0.3) is 0 Å². The van der Waals surface area contributed by atoms with Crippen molar-refractivity contribution in [3.8, 4) is 5.75 Å². The molecule has 0 bridgehead atoms. The molecule has 0 aliphatic carbocycles. The summed E-state index contributed by atoms with van der Waals surface area (Å²) in [5, 5.41) is 2.01. The lowest BCUT2D eigenvalue weighted by molar-refractivity contribution is 0.163. The summed E-state index contributed by atoms with van der Waals surface area (Å²) in [4.78, 5) is 5.79. The number of piperazine rings is 1. The number of rotatable bonds is 8. The van der Waals surface area contributed by atoms with Crippen LogP contribution in [0.15, 0.2) is 70.9 Å². The fourth-order valence-electron chi connectivity index (χ4n) is 4.33. The highest BCUT2D eigenvalue weighted by Crippen LogP contribution is 2.33. The smallest absolute Gasteiger partial charge is 0.240 e. The van der Waals surface area contributed by atoms with Crippen molar-refractivity contribution in [1.29, 1.82) is 0 Å². The molecule has 0 amide bonds. The average Bonchev–Trinajstić information content (AvgIpc) is 3.34. The van der Waals surface area contributed by atoms with Crippen LogP contribution in [0.4, 0.5) is 10.1 Å². The topological polar surface area (TPSA) is 61.9 Å². The Balaban J connectivity index is 1.51. The van der Waals surface area contributed by atoms with E-state index in [9.17, 15) is 12.8 Å². The highest BCUT2D eigenvalue weighted by atomic mass is 32.2. The van der Waals surface area contributed by atoms with Gasteiger partial charge in [0.05, 0.1) is 23.7 Å². The second-order valence-corrected chi connectivity index (χ2v) is 10.7. The summed E-state index contributed by atoms with van der Waals surface area (Å²) in [5.74, 6) is 0.382. The Hall–Kier alpha value is -2.46. The van der Waals surface area contributed by atoms with Crippen LogP contribution in [0.2, 0.25) is 0 Å². The molecule has 0 unspecified atom stereocenters. The van der Waals surface area contributed by atoms with Crippen molar-refractivity contribution in [2.45, 2.75) is 23.9 Å². The Morgan fingerprint density at radius 1 is 1.00 bits per heavy atom. The fourth-order valence-corrected chi connectivity index (χ4v) is 6.54. The second-order valence-electron chi connectivity index (χ2n) is 8.02. The van der Waals surface area contributed by atoms with Crippen LogP contribution in [0.1, 0.15) is 17.8 Å². The van der Waals surface area contributed by atoms with Crippen LogP contribution in [-0.2, 0) is 10.0 Å². The first kappa shape index (κ1) is 23.7. The van der Waals surface area contributed by atoms with Crippen LogP contribution in [0.3, 0.4) is 0 Å². The number of sulfonamides is 1. The Morgan fingerprint density at radius 3 is 2.33 bits per heavy atom. The third-order valence-corrected chi connectivity index (χ3v) is 8.42. The van der Waals surface area contributed by atoms with Crippen LogP contribution < -0.4 is 14.4 Å². The SMILES string of the molecule is COc1ccccc1N1CCN([C@@H](c2cccs2)[C@H](C)NS(=O)(=O)c2ccc(F)cc2)CC1. The van der Waals surface area contributed by atoms with Crippen molar-refractivity contribution in [3.05, 3.63) is 76.7 Å². The van der Waals surface area contributed by atoms with Crippen LogP contribution in [0, 0.1) is 5.82 Å². The number of hydrogen-bond donors (Lipinski definition) is 1. The van der Waals surface area contributed by atoms with E-state index in [0.29, 0.717) is 0 Å². The number of anilines is 1. The summed E-state index contributed by atoms with van der Waals surface area (Å²) >= 11 is 1.62. The molecule has 176 valence electrons. The quantitative estimate of drug-likeness (QED) is 0.516. The van der Waals surface area contributed by atoms with Crippen molar-refractivity contribution >= 4 is 27.0 Å². The number of para-hydroxylation sites is 2. The van der Waals surface area contributed by atoms with E-state index in [1.54, 1.807) is 18.4 Å². The molecule has 0 saturated carbocycles. The van der Waals surface area contributed by atoms with Gasteiger partial charge in [-0.1, -0.05) is 18.2 Å². The van der Waals surface area contributed by atoms with E-state index in [2.05, 4.69) is 20.6 Å². The van der Waals surface area contributed by atoms with Crippen molar-refractivity contribution in [2.75, 3.05) is 38.2 Å². The van der Waals surface area contributed by atoms with Gasteiger partial charge in [0, 0.05) is 37.1 Å². The lowest BCUT2D eigenvalue weighted by Gasteiger charge is -2.42. The summed E-state index contributed by atoms with van der Waals surface area (Å²) in [6.45, 7) is 5.06. The molecule has 6 nitrogen and oxygen atoms in total. The highest BCUT2D eigenvalue weighted by molar-refractivity contribution is 7.89. The van der Waals surface area contributed by atoms with Crippen LogP contribution in [0.5, 0.6) is 5.75 Å². The predicted octanol–water partition coefficient (Wildman–Crippen LogP) is 4.13. The van der Waals surface area contributed by atoms with E-state index in [1.807, 2.05) is 42.6 Å². The Labute approximate surface area is 198 Å². The molecule has 2 atom stereocenters. The molecular weight excluding hydrogens is 461 g/mol. The van der Waals surface area contributed by atoms with Crippen molar-refractivity contribution in [1.82, 2.24) is 9.62 Å². The monoisotopic (exact) mass is 489 g/mol. The molecule has 0 spiro atoms. The zero-order valence-corrected chi connectivity index (χ0v) is 20.3. The second kappa shape index (κ2) is 10.2. The van der Waals surface area contributed by atoms with E-state index in [4.69, 9.17) is 4.74 Å². The van der Waals surface area contributed by atoms with Crippen LogP contribution in [-0.4, -0.2) is 52.6 Å². The van der Waals surface area contributed by atoms with E-state index >= 15 is 0 Å². The molecule has 1 N–H and O–H groups in total. The molecule has 2 aromatic carbocycles. The number of thiophene rings is 1. The van der Waals surface area contributed by atoms with Gasteiger partial charge in [0.1, 0.15) is 11.6 Å². The molecule has 0 radical (unpaired) electrons. The third-order valence-electron chi connectivity index (χ3n) is 5.91. The number of halogens is 1. The summed E-state index contributed by atoms with van der Waals surface area (Å²) < 4.78 is 47.5. The van der Waals surface area contributed by atoms with Gasteiger partial charge in [0.15, 0.2) is 0 Å². The van der Waals surface area contributed by atoms with E-state index in [1.165, 1.54) is 12.1 Å². The molecular formula is C24H28FN3O3S2. The number of nitrogens with one attached hydrogen (secondary N) is 1. The minimum absolute atomic E-state index is 0.0571. The van der Waals surface area contributed by atoms with Gasteiger partial charge >= 0.3 is 0 Å². The Morgan fingerprint density at radius 2 is 1.70 bits per heavy atom. The lowest BCUT2D eigenvalue weighted by atomic mass is 10.1. The maximum Gasteiger partial charge on any atom is 0.240 e. The minimum Gasteiger partial charge on any atom is -0.495 e. The van der Waals surface area contributed by atoms with Crippen molar-refractivity contribution in [2.24, 2.45) is 0 Å². The van der Waals surface area contributed by atoms with Crippen LogP contribution >= 0.6 is 11.3 Å². The minimum atomic E-state index is -3.78. The van der Waals surface area contributed by atoms with Gasteiger partial charge in [-0.15, -0.1) is 11.3 Å². The van der Waals surface area contributed by atoms with Gasteiger partial charge in [-0.2, -0.15) is 0 Å². The number of benzene rings is 2. The first-order valence-corrected chi connectivity index (χ1v) is 13.2. The molecule has 2 heterocycles. The van der Waals surface area contributed by atoms with Gasteiger partial charge in [-0.25, -0.2) is 17.5 Å². The molecule has 3 aromatic rings. The maximum absolute atomic E-state index is 13.3. The average molecular weight is 490 g/mol. The molecule has 33 heavy (non-hydrogen) atoms. The Bertz CT molecular complexity index is 1150. The number of ether oxygens (including phenoxy) is 1. The van der Waals surface area contributed by atoms with Crippen molar-refractivity contribution in [3.63, 3.8) is 0 Å². The largest absolute Gasteiger partial charge is 0.495 e. The molecule has 1 aromatic heterocycles. The van der Waals surface area contributed by atoms with E-state index in [0.717, 1.165) is 54.6 Å². The number of nitrogens with zero attached hydrogens (tertiary/aromatic N) is 2. The van der Waals surface area contributed by atoms with Gasteiger partial charge in [-0.05, 0) is 54.8 Å². The molecule has 1 aliphatic rings. The van der Waals surface area contributed by atoms with Gasteiger partial charge in [-0.3, -0.25) is 4.90 Å². The van der Waals surface area contributed by atoms with Crippen LogP contribution in [0.25, 0.3) is 0 Å².